The first-order valence-corrected chi connectivity index (χ1v) is 8.69. The van der Waals surface area contributed by atoms with Gasteiger partial charge in [0.15, 0.2) is 0 Å². The van der Waals surface area contributed by atoms with E-state index in [1.54, 1.807) is 11.9 Å². The average molecular weight is 337 g/mol. The molecule has 0 spiro atoms. The number of rotatable bonds is 11. The van der Waals surface area contributed by atoms with Gasteiger partial charge in [-0.1, -0.05) is 26.7 Å². The highest BCUT2D eigenvalue weighted by Gasteiger charge is 2.21. The van der Waals surface area contributed by atoms with Crippen LogP contribution in [0.25, 0.3) is 0 Å². The SMILES string of the molecule is CC.CC(=O)CCCN(C)C(=O)C(CC=O)SCCNS. The summed E-state index contributed by atoms with van der Waals surface area (Å²) in [4.78, 5) is 35.2. The summed E-state index contributed by atoms with van der Waals surface area (Å²) in [7, 11) is 1.71. The Labute approximate surface area is 138 Å². The first-order valence-electron chi connectivity index (χ1n) is 7.19. The quantitative estimate of drug-likeness (QED) is 0.343. The van der Waals surface area contributed by atoms with Crippen LogP contribution in [0.4, 0.5) is 0 Å². The van der Waals surface area contributed by atoms with Crippen LogP contribution >= 0.6 is 24.6 Å². The van der Waals surface area contributed by atoms with E-state index in [4.69, 9.17) is 0 Å². The Bertz CT molecular complexity index is 302. The van der Waals surface area contributed by atoms with Crippen molar-refractivity contribution in [1.29, 1.82) is 0 Å². The molecule has 0 aliphatic heterocycles. The van der Waals surface area contributed by atoms with Gasteiger partial charge in [-0.15, -0.1) is 11.8 Å². The van der Waals surface area contributed by atoms with Crippen molar-refractivity contribution in [3.05, 3.63) is 0 Å². The molecule has 0 heterocycles. The largest absolute Gasteiger partial charge is 0.345 e. The second-order valence-electron chi connectivity index (χ2n) is 4.24. The summed E-state index contributed by atoms with van der Waals surface area (Å²) >= 11 is 5.32. The van der Waals surface area contributed by atoms with Crippen molar-refractivity contribution in [3.8, 4) is 0 Å². The number of hydrogen-bond acceptors (Lipinski definition) is 6. The highest BCUT2D eigenvalue weighted by Crippen LogP contribution is 2.16. The second kappa shape index (κ2) is 15.9. The zero-order valence-corrected chi connectivity index (χ0v) is 15.1. The van der Waals surface area contributed by atoms with Gasteiger partial charge in [0, 0.05) is 38.7 Å². The molecule has 1 amide bonds. The summed E-state index contributed by atoms with van der Waals surface area (Å²) in [6.45, 7) is 6.75. The van der Waals surface area contributed by atoms with Gasteiger partial charge in [-0.3, -0.25) is 9.52 Å². The second-order valence-corrected chi connectivity index (χ2v) is 5.86. The van der Waals surface area contributed by atoms with Crippen LogP contribution in [-0.4, -0.2) is 54.0 Å². The Morgan fingerprint density at radius 1 is 1.38 bits per heavy atom. The van der Waals surface area contributed by atoms with Gasteiger partial charge >= 0.3 is 0 Å². The molecule has 0 saturated carbocycles. The summed E-state index contributed by atoms with van der Waals surface area (Å²) in [5, 5.41) is -0.346. The van der Waals surface area contributed by atoms with E-state index in [9.17, 15) is 14.4 Å². The van der Waals surface area contributed by atoms with Gasteiger partial charge in [-0.05, 0) is 13.3 Å². The van der Waals surface area contributed by atoms with Gasteiger partial charge in [0.05, 0.1) is 5.25 Å². The fraction of sp³-hybridized carbons (Fsp3) is 0.786. The molecule has 0 aromatic rings. The number of nitrogens with zero attached hydrogens (tertiary/aromatic N) is 1. The van der Waals surface area contributed by atoms with E-state index in [1.165, 1.54) is 18.7 Å². The lowest BCUT2D eigenvalue weighted by atomic mass is 10.2. The van der Waals surface area contributed by atoms with E-state index >= 15 is 0 Å². The smallest absolute Gasteiger partial charge is 0.235 e. The van der Waals surface area contributed by atoms with Crippen molar-refractivity contribution in [2.24, 2.45) is 0 Å². The number of nitrogens with one attached hydrogen (secondary N) is 1. The van der Waals surface area contributed by atoms with Crippen molar-refractivity contribution >= 4 is 42.6 Å². The summed E-state index contributed by atoms with van der Waals surface area (Å²) in [6.07, 6.45) is 2.13. The first kappa shape index (κ1) is 22.7. The molecule has 0 aliphatic carbocycles. The molecule has 0 aliphatic rings. The van der Waals surface area contributed by atoms with Crippen molar-refractivity contribution in [2.45, 2.75) is 45.3 Å². The molecule has 1 unspecified atom stereocenters. The van der Waals surface area contributed by atoms with E-state index in [0.29, 0.717) is 25.9 Å². The number of ketones is 1. The number of aldehydes is 1. The maximum Gasteiger partial charge on any atom is 0.235 e. The molecular formula is C14H28N2O3S2. The Kier molecular flexibility index (Phi) is 17.2. The van der Waals surface area contributed by atoms with Crippen molar-refractivity contribution in [2.75, 3.05) is 25.9 Å². The van der Waals surface area contributed by atoms with Gasteiger partial charge in [0.1, 0.15) is 12.1 Å². The van der Waals surface area contributed by atoms with Gasteiger partial charge in [0.2, 0.25) is 5.91 Å². The summed E-state index contributed by atoms with van der Waals surface area (Å²) in [5.74, 6) is 0.786. The van der Waals surface area contributed by atoms with Crippen LogP contribution in [-0.2, 0) is 14.4 Å². The molecule has 1 N–H and O–H groups in total. The Morgan fingerprint density at radius 2 is 2.00 bits per heavy atom. The standard InChI is InChI=1S/C12H22N2O3S2.C2H6/c1-10(16)4-3-7-14(2)12(17)11(5-8-15)19-9-6-13-18;1-2/h8,11,13,18H,3-7,9H2,1-2H3;1-2H3. The van der Waals surface area contributed by atoms with E-state index in [2.05, 4.69) is 17.5 Å². The van der Waals surface area contributed by atoms with Crippen LogP contribution in [0, 0.1) is 0 Å². The molecule has 0 bridgehead atoms. The average Bonchev–Trinajstić information content (AvgIpc) is 2.47. The van der Waals surface area contributed by atoms with Gasteiger partial charge in [0.25, 0.3) is 0 Å². The molecule has 0 aromatic heterocycles. The summed E-state index contributed by atoms with van der Waals surface area (Å²) in [5.41, 5.74) is 0. The third kappa shape index (κ3) is 12.9. The minimum Gasteiger partial charge on any atom is -0.345 e. The topological polar surface area (TPSA) is 66.5 Å². The maximum atomic E-state index is 12.1. The lowest BCUT2D eigenvalue weighted by molar-refractivity contribution is -0.130. The van der Waals surface area contributed by atoms with Gasteiger partial charge in [-0.25, -0.2) is 0 Å². The number of hydrogen-bond donors (Lipinski definition) is 2. The Hall–Kier alpha value is -0.530. The molecular weight excluding hydrogens is 308 g/mol. The van der Waals surface area contributed by atoms with Crippen LogP contribution in [0.2, 0.25) is 0 Å². The van der Waals surface area contributed by atoms with E-state index in [0.717, 1.165) is 12.0 Å². The zero-order valence-electron chi connectivity index (χ0n) is 13.4. The summed E-state index contributed by atoms with van der Waals surface area (Å²) in [6, 6.07) is 0. The molecule has 1 atom stereocenters. The molecule has 21 heavy (non-hydrogen) atoms. The van der Waals surface area contributed by atoms with Crippen molar-refractivity contribution in [3.63, 3.8) is 0 Å². The van der Waals surface area contributed by atoms with Crippen molar-refractivity contribution < 1.29 is 14.4 Å². The predicted molar refractivity (Wildman–Crippen MR) is 92.8 cm³/mol. The first-order chi connectivity index (χ1) is 10.0. The van der Waals surface area contributed by atoms with Crippen LogP contribution in [0.1, 0.15) is 40.0 Å². The Morgan fingerprint density at radius 3 is 2.48 bits per heavy atom. The van der Waals surface area contributed by atoms with Crippen LogP contribution in [0.3, 0.4) is 0 Å². The molecule has 0 saturated heterocycles. The third-order valence-corrected chi connectivity index (χ3v) is 3.98. The molecule has 0 aromatic carbocycles. The van der Waals surface area contributed by atoms with E-state index in [1.807, 2.05) is 13.8 Å². The normalized spacial score (nSPS) is 11.1. The monoisotopic (exact) mass is 336 g/mol. The van der Waals surface area contributed by atoms with Crippen LogP contribution in [0.5, 0.6) is 0 Å². The van der Waals surface area contributed by atoms with Crippen molar-refractivity contribution in [1.82, 2.24) is 9.62 Å². The zero-order chi connectivity index (χ0) is 16.7. The lowest BCUT2D eigenvalue weighted by Gasteiger charge is -2.22. The number of thioether (sulfide) groups is 1. The molecule has 0 rings (SSSR count). The predicted octanol–water partition coefficient (Wildman–Crippen LogP) is 1.97. The minimum absolute atomic E-state index is 0.0557. The van der Waals surface area contributed by atoms with Gasteiger partial charge < -0.3 is 14.5 Å². The fourth-order valence-corrected chi connectivity index (χ4v) is 2.80. The molecule has 0 radical (unpaired) electrons. The number of thiol groups is 1. The molecule has 0 fully saturated rings. The van der Waals surface area contributed by atoms with E-state index in [-0.39, 0.29) is 23.4 Å². The number of carbonyl (C=O) groups is 3. The number of amides is 1. The van der Waals surface area contributed by atoms with E-state index < -0.39 is 0 Å². The molecule has 7 heteroatoms. The Balaban J connectivity index is 0. The minimum atomic E-state index is -0.346. The van der Waals surface area contributed by atoms with Crippen LogP contribution in [0.15, 0.2) is 0 Å². The third-order valence-electron chi connectivity index (χ3n) is 2.52. The van der Waals surface area contributed by atoms with Gasteiger partial charge in [-0.2, -0.15) is 0 Å². The van der Waals surface area contributed by atoms with Crippen LogP contribution < -0.4 is 4.72 Å². The highest BCUT2D eigenvalue weighted by atomic mass is 32.2. The summed E-state index contributed by atoms with van der Waals surface area (Å²) < 4.78 is 2.70. The fourth-order valence-electron chi connectivity index (χ4n) is 1.50. The number of carbonyl (C=O) groups excluding carboxylic acids is 3. The highest BCUT2D eigenvalue weighted by molar-refractivity contribution is 8.00. The molecule has 5 nitrogen and oxygen atoms in total. The maximum absolute atomic E-state index is 12.1. The molecule has 124 valence electrons. The number of Topliss-reactive ketones (excluding diaryl/α,β-unsaturated/α-hetero) is 1. The lowest BCUT2D eigenvalue weighted by Crippen LogP contribution is -2.36.